The third-order valence-electron chi connectivity index (χ3n) is 6.17. The molecule has 1 aromatic heterocycles. The van der Waals surface area contributed by atoms with Gasteiger partial charge >= 0.3 is 0 Å². The van der Waals surface area contributed by atoms with E-state index < -0.39 is 6.67 Å². The highest BCUT2D eigenvalue weighted by atomic mass is 19.1. The number of methoxy groups -OCH3 is 1. The molecule has 2 N–H and O–H groups in total. The molecule has 186 valence electrons. The van der Waals surface area contributed by atoms with Gasteiger partial charge in [0.1, 0.15) is 11.4 Å². The van der Waals surface area contributed by atoms with Crippen molar-refractivity contribution in [1.29, 1.82) is 0 Å². The number of carbonyl (C=O) groups is 1. The second-order valence-electron chi connectivity index (χ2n) is 9.45. The molecule has 3 atom stereocenters. The van der Waals surface area contributed by atoms with Crippen LogP contribution in [0, 0.1) is 17.8 Å². The van der Waals surface area contributed by atoms with Crippen LogP contribution in [0.4, 0.5) is 10.1 Å². The molecule has 8 nitrogen and oxygen atoms in total. The molecule has 1 saturated heterocycles. The lowest BCUT2D eigenvalue weighted by atomic mass is 10.0. The molecular formula is C24H38FN3O5. The highest BCUT2D eigenvalue weighted by molar-refractivity contribution is 5.93. The number of hydrogen-bond acceptors (Lipinski definition) is 7. The fourth-order valence-electron chi connectivity index (χ4n) is 3.99. The van der Waals surface area contributed by atoms with Crippen LogP contribution in [0.1, 0.15) is 43.6 Å². The van der Waals surface area contributed by atoms with Crippen LogP contribution >= 0.6 is 0 Å². The maximum Gasteiger partial charge on any atom is 0.270 e. The molecule has 1 saturated carbocycles. The number of nitrogens with one attached hydrogen (secondary N) is 1. The second-order valence-corrected chi connectivity index (χ2v) is 9.45. The highest BCUT2D eigenvalue weighted by Crippen LogP contribution is 2.39. The van der Waals surface area contributed by atoms with E-state index in [4.69, 9.17) is 14.2 Å². The van der Waals surface area contributed by atoms with Gasteiger partial charge in [0.15, 0.2) is 0 Å². The lowest BCUT2D eigenvalue weighted by Crippen LogP contribution is -2.52. The SMILES string of the molecule is COC1CN(c2ccc(C(=O)NC(COCCCF)CC(C)C)nc2OC[C@@H]2C[C@@H]2CO)C1. The highest BCUT2D eigenvalue weighted by Gasteiger charge is 2.37. The Bertz CT molecular complexity index is 760. The van der Waals surface area contributed by atoms with Crippen molar-refractivity contribution in [2.75, 3.05) is 58.2 Å². The van der Waals surface area contributed by atoms with Crippen molar-refractivity contribution in [1.82, 2.24) is 10.3 Å². The van der Waals surface area contributed by atoms with Gasteiger partial charge in [0, 0.05) is 33.4 Å². The Hall–Kier alpha value is -1.97. The number of carbonyl (C=O) groups excluding carboxylic acids is 1. The fraction of sp³-hybridized carbons (Fsp3) is 0.750. The van der Waals surface area contributed by atoms with E-state index in [1.165, 1.54) is 0 Å². The van der Waals surface area contributed by atoms with E-state index in [-0.39, 0.29) is 36.3 Å². The van der Waals surface area contributed by atoms with E-state index >= 15 is 0 Å². The summed E-state index contributed by atoms with van der Waals surface area (Å²) in [6, 6.07) is 3.40. The summed E-state index contributed by atoms with van der Waals surface area (Å²) in [6.45, 7) is 6.55. The maximum atomic E-state index is 13.0. The van der Waals surface area contributed by atoms with Gasteiger partial charge < -0.3 is 29.5 Å². The summed E-state index contributed by atoms with van der Waals surface area (Å²) in [5.74, 6) is 1.12. The number of alkyl halides is 1. The third kappa shape index (κ3) is 7.52. The minimum Gasteiger partial charge on any atom is -0.476 e. The molecule has 0 radical (unpaired) electrons. The van der Waals surface area contributed by atoms with Gasteiger partial charge in [-0.1, -0.05) is 13.8 Å². The first-order valence-electron chi connectivity index (χ1n) is 11.9. The average Bonchev–Trinajstić information content (AvgIpc) is 3.53. The van der Waals surface area contributed by atoms with Crippen molar-refractivity contribution >= 4 is 11.6 Å². The monoisotopic (exact) mass is 467 g/mol. The van der Waals surface area contributed by atoms with Crippen LogP contribution in [0.25, 0.3) is 0 Å². The summed E-state index contributed by atoms with van der Waals surface area (Å²) >= 11 is 0. The molecule has 0 spiro atoms. The van der Waals surface area contributed by atoms with E-state index in [2.05, 4.69) is 29.0 Å². The molecule has 1 amide bonds. The van der Waals surface area contributed by atoms with Gasteiger partial charge in [-0.25, -0.2) is 4.98 Å². The van der Waals surface area contributed by atoms with Gasteiger partial charge in [0.05, 0.1) is 32.0 Å². The van der Waals surface area contributed by atoms with Gasteiger partial charge in [-0.3, -0.25) is 9.18 Å². The van der Waals surface area contributed by atoms with Crippen LogP contribution in [0.2, 0.25) is 0 Å². The molecule has 9 heteroatoms. The fourth-order valence-corrected chi connectivity index (χ4v) is 3.99. The van der Waals surface area contributed by atoms with Crippen LogP contribution in [-0.2, 0) is 9.47 Å². The topological polar surface area (TPSA) is 93.2 Å². The number of aliphatic hydroxyl groups excluding tert-OH is 1. The maximum absolute atomic E-state index is 13.0. The Kier molecular flexibility index (Phi) is 9.70. The predicted octanol–water partition coefficient (Wildman–Crippen LogP) is 2.44. The molecule has 33 heavy (non-hydrogen) atoms. The molecule has 2 aliphatic rings. The lowest BCUT2D eigenvalue weighted by Gasteiger charge is -2.40. The molecule has 1 aliphatic carbocycles. The Morgan fingerprint density at radius 2 is 2.12 bits per heavy atom. The Morgan fingerprint density at radius 3 is 2.76 bits per heavy atom. The molecule has 1 unspecified atom stereocenters. The van der Waals surface area contributed by atoms with Crippen molar-refractivity contribution < 1.29 is 28.5 Å². The molecular weight excluding hydrogens is 429 g/mol. The summed E-state index contributed by atoms with van der Waals surface area (Å²) in [7, 11) is 1.70. The second kappa shape index (κ2) is 12.5. The largest absolute Gasteiger partial charge is 0.476 e. The number of aliphatic hydroxyl groups is 1. The molecule has 0 aromatic carbocycles. The van der Waals surface area contributed by atoms with Crippen LogP contribution < -0.4 is 15.0 Å². The van der Waals surface area contributed by atoms with Crippen LogP contribution in [-0.4, -0.2) is 81.4 Å². The van der Waals surface area contributed by atoms with Crippen LogP contribution in [0.15, 0.2) is 12.1 Å². The minimum absolute atomic E-state index is 0.170. The van der Waals surface area contributed by atoms with Crippen molar-refractivity contribution in [2.24, 2.45) is 17.8 Å². The number of amides is 1. The quantitative estimate of drug-likeness (QED) is 0.383. The first kappa shape index (κ1) is 25.6. The van der Waals surface area contributed by atoms with Crippen molar-refractivity contribution in [3.8, 4) is 5.88 Å². The summed E-state index contributed by atoms with van der Waals surface area (Å²) in [6.07, 6.45) is 2.22. The zero-order chi connectivity index (χ0) is 23.8. The van der Waals surface area contributed by atoms with Gasteiger partial charge in [-0.2, -0.15) is 0 Å². The predicted molar refractivity (Wildman–Crippen MR) is 124 cm³/mol. The normalized spacial score (nSPS) is 21.1. The van der Waals surface area contributed by atoms with E-state index in [1.54, 1.807) is 13.2 Å². The van der Waals surface area contributed by atoms with E-state index in [0.29, 0.717) is 44.0 Å². The van der Waals surface area contributed by atoms with E-state index in [0.717, 1.165) is 31.6 Å². The standard InChI is InChI=1S/C24H38FN3O5/c1-16(2)9-19(15-32-8-4-7-25)26-23(30)21-5-6-22(28-11-20(12-28)31-3)24(27-21)33-14-18-10-17(18)13-29/h5-6,16-20,29H,4,7-15H2,1-3H3,(H,26,30)/t17-,18+,19?/m1/s1. The zero-order valence-corrected chi connectivity index (χ0v) is 20.0. The number of halogens is 1. The number of rotatable bonds is 15. The Balaban J connectivity index is 1.66. The first-order chi connectivity index (χ1) is 15.9. The van der Waals surface area contributed by atoms with E-state index in [9.17, 15) is 14.3 Å². The number of pyridine rings is 1. The minimum atomic E-state index is -0.414. The third-order valence-corrected chi connectivity index (χ3v) is 6.17. The van der Waals surface area contributed by atoms with Gasteiger partial charge in [-0.15, -0.1) is 0 Å². The molecule has 1 aromatic rings. The van der Waals surface area contributed by atoms with Crippen LogP contribution in [0.5, 0.6) is 5.88 Å². The summed E-state index contributed by atoms with van der Waals surface area (Å²) < 4.78 is 29.3. The summed E-state index contributed by atoms with van der Waals surface area (Å²) in [5.41, 5.74) is 1.12. The number of ether oxygens (including phenoxy) is 3. The van der Waals surface area contributed by atoms with Gasteiger partial charge in [0.2, 0.25) is 5.88 Å². The number of nitrogens with zero attached hydrogens (tertiary/aromatic N) is 2. The first-order valence-corrected chi connectivity index (χ1v) is 11.9. The lowest BCUT2D eigenvalue weighted by molar-refractivity contribution is 0.0777. The average molecular weight is 468 g/mol. The molecule has 2 fully saturated rings. The van der Waals surface area contributed by atoms with Gasteiger partial charge in [0.25, 0.3) is 5.91 Å². The number of anilines is 1. The zero-order valence-electron chi connectivity index (χ0n) is 20.0. The molecule has 2 heterocycles. The summed E-state index contributed by atoms with van der Waals surface area (Å²) in [5, 5.41) is 12.3. The molecule has 0 bridgehead atoms. The summed E-state index contributed by atoms with van der Waals surface area (Å²) in [4.78, 5) is 19.6. The molecule has 1 aliphatic heterocycles. The van der Waals surface area contributed by atoms with Crippen molar-refractivity contribution in [2.45, 2.75) is 45.3 Å². The van der Waals surface area contributed by atoms with E-state index in [1.807, 2.05) is 6.07 Å². The molecule has 3 rings (SSSR count). The Morgan fingerprint density at radius 1 is 1.33 bits per heavy atom. The Labute approximate surface area is 195 Å². The smallest absolute Gasteiger partial charge is 0.270 e. The van der Waals surface area contributed by atoms with Crippen LogP contribution in [0.3, 0.4) is 0 Å². The van der Waals surface area contributed by atoms with Crippen molar-refractivity contribution in [3.05, 3.63) is 17.8 Å². The van der Waals surface area contributed by atoms with Gasteiger partial charge in [-0.05, 0) is 49.1 Å². The van der Waals surface area contributed by atoms with Crippen molar-refractivity contribution in [3.63, 3.8) is 0 Å². The number of aromatic nitrogens is 1. The number of hydrogen-bond donors (Lipinski definition) is 2.